The van der Waals surface area contributed by atoms with Crippen molar-refractivity contribution in [3.63, 3.8) is 0 Å². The number of aliphatic hydroxyl groups is 2. The van der Waals surface area contributed by atoms with Gasteiger partial charge in [0, 0.05) is 45.5 Å². The smallest absolute Gasteiger partial charge is 0.342 e. The molecule has 300 valence electrons. The topological polar surface area (TPSA) is 147 Å². The fraction of sp³-hybridized carbons (Fsp3) is 0.537. The summed E-state index contributed by atoms with van der Waals surface area (Å²) in [5, 5.41) is 16.3. The van der Waals surface area contributed by atoms with E-state index in [9.17, 15) is 19.5 Å². The summed E-state index contributed by atoms with van der Waals surface area (Å²) >= 11 is 0. The van der Waals surface area contributed by atoms with E-state index in [-0.39, 0.29) is 31.8 Å². The Morgan fingerprint density at radius 2 is 1.09 bits per heavy atom. The number of benzene rings is 2. The minimum absolute atomic E-state index is 0.0000939. The van der Waals surface area contributed by atoms with Crippen molar-refractivity contribution in [1.82, 2.24) is 0 Å². The number of carbonyl (C=O) groups is 3. The zero-order valence-corrected chi connectivity index (χ0v) is 36.7. The number of hydrogen-bond donors (Lipinski definition) is 2. The molecular weight excluding hydrogens is 725 g/mol. The van der Waals surface area contributed by atoms with Crippen LogP contribution >= 0.6 is 0 Å². The van der Waals surface area contributed by atoms with Gasteiger partial charge in [0.25, 0.3) is 0 Å². The molecule has 2 aliphatic heterocycles. The quantitative estimate of drug-likeness (QED) is 0.0572. The van der Waals surface area contributed by atoms with Gasteiger partial charge in [-0.15, -0.1) is 0 Å². The van der Waals surface area contributed by atoms with E-state index in [1.165, 1.54) is 0 Å². The number of cyclic esters (lactones) is 2. The van der Waals surface area contributed by atoms with Gasteiger partial charge < -0.3 is 38.6 Å². The van der Waals surface area contributed by atoms with E-state index in [2.05, 4.69) is 39.3 Å². The molecule has 0 fully saturated rings. The molecule has 0 atom stereocenters. The van der Waals surface area contributed by atoms with Gasteiger partial charge in [0.2, 0.25) is 0 Å². The number of ether oxygens (including phenoxy) is 6. The average molecular weight is 787 g/mol. The van der Waals surface area contributed by atoms with Crippen molar-refractivity contribution in [3.8, 4) is 23.0 Å². The fourth-order valence-electron chi connectivity index (χ4n) is 5.91. The van der Waals surface area contributed by atoms with Gasteiger partial charge in [0.15, 0.2) is 0 Å². The first kappa shape index (κ1) is 46.2. The van der Waals surface area contributed by atoms with Gasteiger partial charge >= 0.3 is 11.9 Å². The largest absolute Gasteiger partial charge is 0.496 e. The van der Waals surface area contributed by atoms with Crippen LogP contribution in [0.5, 0.6) is 23.0 Å². The first-order valence-electron chi connectivity index (χ1n) is 18.3. The van der Waals surface area contributed by atoms with Crippen molar-refractivity contribution in [3.05, 3.63) is 67.8 Å². The van der Waals surface area contributed by atoms with E-state index in [4.69, 9.17) is 33.5 Å². The van der Waals surface area contributed by atoms with E-state index >= 15 is 0 Å². The lowest BCUT2D eigenvalue weighted by molar-refractivity contribution is -0.104. The van der Waals surface area contributed by atoms with Gasteiger partial charge in [-0.3, -0.25) is 4.79 Å². The normalized spacial score (nSPS) is 13.8. The molecule has 11 nitrogen and oxygen atoms in total. The first-order valence-corrected chi connectivity index (χ1v) is 25.7. The molecule has 0 amide bonds. The maximum atomic E-state index is 12.4. The summed E-state index contributed by atoms with van der Waals surface area (Å²) in [5.74, 6) is 1.85. The second-order valence-corrected chi connectivity index (χ2v) is 27.0. The van der Waals surface area contributed by atoms with Gasteiger partial charge in [0.1, 0.15) is 53.6 Å². The molecule has 2 heterocycles. The summed E-state index contributed by atoms with van der Waals surface area (Å²) in [6, 6.07) is 1.98. The number of carbonyl (C=O) groups excluding carboxylic acids is 3. The van der Waals surface area contributed by atoms with Gasteiger partial charge in [-0.1, -0.05) is 57.0 Å². The molecule has 2 aromatic rings. The van der Waals surface area contributed by atoms with Crippen molar-refractivity contribution in [2.45, 2.75) is 105 Å². The molecular formula is C41H62O11Si2. The van der Waals surface area contributed by atoms with Crippen LogP contribution < -0.4 is 18.9 Å². The minimum Gasteiger partial charge on any atom is -0.496 e. The second-order valence-electron chi connectivity index (χ2n) is 15.8. The lowest BCUT2D eigenvalue weighted by atomic mass is 9.95. The van der Waals surface area contributed by atoms with Gasteiger partial charge in [-0.05, 0) is 69.3 Å². The third-order valence-corrected chi connectivity index (χ3v) is 12.6. The first-order chi connectivity index (χ1) is 25.4. The van der Waals surface area contributed by atoms with Gasteiger partial charge in [-0.2, -0.15) is 0 Å². The minimum atomic E-state index is -1.28. The average Bonchev–Trinajstić information content (AvgIpc) is 3.71. The van der Waals surface area contributed by atoms with E-state index in [0.717, 1.165) is 70.2 Å². The Morgan fingerprint density at radius 3 is 1.43 bits per heavy atom. The molecule has 54 heavy (non-hydrogen) atoms. The number of methoxy groups -OCH3 is 2. The Balaban J connectivity index is 0.000000357. The Kier molecular flexibility index (Phi) is 17.7. The number of aldehydes is 1. The Labute approximate surface area is 323 Å². The van der Waals surface area contributed by atoms with Crippen LogP contribution in [0, 0.1) is 13.8 Å². The third-order valence-electron chi connectivity index (χ3n) is 9.17. The number of aliphatic hydroxyl groups excluding tert-OH is 2. The van der Waals surface area contributed by atoms with Crippen molar-refractivity contribution in [2.75, 3.05) is 41.2 Å². The second kappa shape index (κ2) is 20.7. The standard InChI is InChI=1S/C20H30O5Si.C20H28O5Si.CH4O/c2*1-13(11-21)7-8-15-18(23-3)14(2)16-12-25-20(22)17(16)19(15)24-9-10-26(4,5)6;1-2/h7,21H,8-12H2,1-6H3;7,11H,8-10,12H2,1-6H3;2H,1H3/b2*13-7+;. The van der Waals surface area contributed by atoms with Crippen molar-refractivity contribution in [1.29, 1.82) is 0 Å². The number of hydrogen-bond acceptors (Lipinski definition) is 11. The highest BCUT2D eigenvalue weighted by Crippen LogP contribution is 2.44. The van der Waals surface area contributed by atoms with Crippen molar-refractivity contribution in [2.24, 2.45) is 0 Å². The molecule has 0 radical (unpaired) electrons. The van der Waals surface area contributed by atoms with Crippen molar-refractivity contribution >= 4 is 34.4 Å². The van der Waals surface area contributed by atoms with Crippen LogP contribution in [0.15, 0.2) is 23.3 Å². The maximum Gasteiger partial charge on any atom is 0.342 e. The number of rotatable bonds is 16. The Morgan fingerprint density at radius 1 is 0.704 bits per heavy atom. The summed E-state index contributed by atoms with van der Waals surface area (Å²) in [7, 11) is 1.70. The molecule has 2 aliphatic rings. The maximum absolute atomic E-state index is 12.4. The SMILES string of the molecule is CO.COc1c(C)c2c(c(OCC[Si](C)(C)C)c1C/C=C(\C)C=O)C(=O)OC2.COc1c(C)c2c(c(OCC[Si](C)(C)C)c1C/C=C(\C)CO)C(=O)OC2. The highest BCUT2D eigenvalue weighted by molar-refractivity contribution is 6.76. The van der Waals surface area contributed by atoms with Crippen LogP contribution in [-0.2, 0) is 40.3 Å². The Hall–Kier alpha value is -3.92. The number of allylic oxidation sites excluding steroid dienone is 3. The van der Waals surface area contributed by atoms with Crippen LogP contribution in [0.2, 0.25) is 51.4 Å². The van der Waals surface area contributed by atoms with E-state index in [1.54, 1.807) is 21.1 Å². The highest BCUT2D eigenvalue weighted by atomic mass is 28.3. The molecule has 2 aromatic carbocycles. The van der Waals surface area contributed by atoms with Crippen molar-refractivity contribution < 1.29 is 53.0 Å². The van der Waals surface area contributed by atoms with Crippen LogP contribution in [-0.4, -0.2) is 85.7 Å². The zero-order valence-electron chi connectivity index (χ0n) is 34.7. The number of fused-ring (bicyclic) bond motifs is 2. The lowest BCUT2D eigenvalue weighted by Crippen LogP contribution is -2.23. The molecule has 0 aromatic heterocycles. The predicted molar refractivity (Wildman–Crippen MR) is 217 cm³/mol. The molecule has 4 rings (SSSR count). The predicted octanol–water partition coefficient (Wildman–Crippen LogP) is 7.56. The highest BCUT2D eigenvalue weighted by Gasteiger charge is 2.34. The van der Waals surface area contributed by atoms with E-state index < -0.39 is 16.1 Å². The fourth-order valence-corrected chi connectivity index (χ4v) is 7.34. The lowest BCUT2D eigenvalue weighted by Gasteiger charge is -2.21. The molecule has 2 N–H and O–H groups in total. The van der Waals surface area contributed by atoms with Gasteiger partial charge in [0.05, 0.1) is 34.0 Å². The molecule has 0 unspecified atom stereocenters. The number of esters is 2. The van der Waals surface area contributed by atoms with E-state index in [0.29, 0.717) is 60.0 Å². The Bertz CT molecular complexity index is 1710. The summed E-state index contributed by atoms with van der Waals surface area (Å²) in [5.41, 5.74) is 7.63. The molecule has 0 saturated heterocycles. The van der Waals surface area contributed by atoms with Crippen LogP contribution in [0.25, 0.3) is 0 Å². The monoisotopic (exact) mass is 786 g/mol. The molecule has 13 heteroatoms. The summed E-state index contributed by atoms with van der Waals surface area (Å²) in [4.78, 5) is 35.6. The summed E-state index contributed by atoms with van der Waals surface area (Å²) < 4.78 is 34.1. The van der Waals surface area contributed by atoms with Crippen LogP contribution in [0.4, 0.5) is 0 Å². The third kappa shape index (κ3) is 12.0. The molecule has 0 spiro atoms. The molecule has 0 aliphatic carbocycles. The summed E-state index contributed by atoms with van der Waals surface area (Å²) in [6.07, 6.45) is 5.56. The van der Waals surface area contributed by atoms with Crippen LogP contribution in [0.3, 0.4) is 0 Å². The van der Waals surface area contributed by atoms with Gasteiger partial charge in [-0.25, -0.2) is 9.59 Å². The molecule has 0 bridgehead atoms. The zero-order chi connectivity index (χ0) is 41.0. The van der Waals surface area contributed by atoms with E-state index in [1.807, 2.05) is 32.9 Å². The summed E-state index contributed by atoms with van der Waals surface area (Å²) in [6.45, 7) is 22.8. The molecule has 0 saturated carbocycles. The van der Waals surface area contributed by atoms with Crippen LogP contribution in [0.1, 0.15) is 67.9 Å².